The monoisotopic (exact) mass is 531 g/mol. The van der Waals surface area contributed by atoms with E-state index in [9.17, 15) is 22.8 Å². The smallest absolute Gasteiger partial charge is 0.378 e. The van der Waals surface area contributed by atoms with Crippen LogP contribution in [0, 0.1) is 11.3 Å². The van der Waals surface area contributed by atoms with E-state index in [1.165, 1.54) is 17.0 Å². The number of nitrogens with zero attached hydrogens (tertiary/aromatic N) is 5. The van der Waals surface area contributed by atoms with Gasteiger partial charge in [0.2, 0.25) is 0 Å². The van der Waals surface area contributed by atoms with Gasteiger partial charge >= 0.3 is 12.2 Å². The van der Waals surface area contributed by atoms with Crippen molar-refractivity contribution in [3.8, 4) is 17.3 Å². The van der Waals surface area contributed by atoms with Crippen LogP contribution in [0.2, 0.25) is 5.02 Å². The molecule has 0 fully saturated rings. The molecular formula is C24H21ClF3N7O2. The molecule has 1 aliphatic rings. The van der Waals surface area contributed by atoms with E-state index in [4.69, 9.17) is 22.6 Å². The lowest BCUT2D eigenvalue weighted by Crippen LogP contribution is -2.41. The summed E-state index contributed by atoms with van der Waals surface area (Å²) in [4.78, 5) is 28.6. The van der Waals surface area contributed by atoms with Crippen molar-refractivity contribution >= 4 is 34.9 Å². The van der Waals surface area contributed by atoms with Crippen LogP contribution in [-0.4, -0.2) is 47.3 Å². The number of hydrogen-bond donors (Lipinski definition) is 2. The molecule has 0 atom stereocenters. The maximum absolute atomic E-state index is 13.3. The molecule has 0 aliphatic carbocycles. The summed E-state index contributed by atoms with van der Waals surface area (Å²) < 4.78 is 41.5. The highest BCUT2D eigenvalue weighted by Crippen LogP contribution is 2.35. The first kappa shape index (κ1) is 25.8. The minimum atomic E-state index is -4.76. The van der Waals surface area contributed by atoms with Crippen LogP contribution >= 0.6 is 11.6 Å². The topological polar surface area (TPSA) is 120 Å². The zero-order valence-electron chi connectivity index (χ0n) is 19.7. The molecule has 3 amide bonds. The number of anilines is 2. The van der Waals surface area contributed by atoms with Crippen molar-refractivity contribution in [1.29, 1.82) is 5.26 Å². The van der Waals surface area contributed by atoms with Gasteiger partial charge in [0, 0.05) is 42.6 Å². The van der Waals surface area contributed by atoms with E-state index in [0.29, 0.717) is 28.0 Å². The van der Waals surface area contributed by atoms with Gasteiger partial charge in [-0.1, -0.05) is 11.6 Å². The Hall–Kier alpha value is -4.24. The molecule has 2 heterocycles. The molecule has 0 saturated carbocycles. The van der Waals surface area contributed by atoms with Crippen LogP contribution in [-0.2, 0) is 19.3 Å². The predicted octanol–water partition coefficient (Wildman–Crippen LogP) is 4.31. The molecular weight excluding hydrogens is 511 g/mol. The van der Waals surface area contributed by atoms with Gasteiger partial charge in [0.1, 0.15) is 5.69 Å². The largest absolute Gasteiger partial charge is 0.417 e. The molecule has 1 aromatic heterocycles. The number of carbonyl (C=O) groups excluding carboxylic acids is 2. The summed E-state index contributed by atoms with van der Waals surface area (Å²) >= 11 is 6.28. The molecule has 1 aliphatic heterocycles. The summed E-state index contributed by atoms with van der Waals surface area (Å²) in [7, 11) is 3.68. The van der Waals surface area contributed by atoms with Gasteiger partial charge in [0.05, 0.1) is 41.5 Å². The Bertz CT molecular complexity index is 1440. The molecule has 37 heavy (non-hydrogen) atoms. The fraction of sp³-hybridized carbons (Fsp3) is 0.250. The van der Waals surface area contributed by atoms with Crippen molar-refractivity contribution in [2.45, 2.75) is 19.3 Å². The molecule has 3 aromatic rings. The zero-order valence-corrected chi connectivity index (χ0v) is 20.5. The number of halogens is 4. The van der Waals surface area contributed by atoms with Gasteiger partial charge in [-0.05, 0) is 36.4 Å². The first-order valence-corrected chi connectivity index (χ1v) is 11.3. The van der Waals surface area contributed by atoms with E-state index in [-0.39, 0.29) is 30.9 Å². The van der Waals surface area contributed by atoms with E-state index in [2.05, 4.69) is 10.4 Å². The Kier molecular flexibility index (Phi) is 6.75. The van der Waals surface area contributed by atoms with Crippen molar-refractivity contribution in [1.82, 2.24) is 14.7 Å². The second-order valence-corrected chi connectivity index (χ2v) is 9.01. The van der Waals surface area contributed by atoms with Crippen LogP contribution in [0.25, 0.3) is 11.3 Å². The van der Waals surface area contributed by atoms with Crippen LogP contribution in [0.4, 0.5) is 29.3 Å². The maximum atomic E-state index is 13.3. The van der Waals surface area contributed by atoms with E-state index in [1.807, 2.05) is 19.0 Å². The summed E-state index contributed by atoms with van der Waals surface area (Å²) in [5.41, 5.74) is 6.07. The summed E-state index contributed by atoms with van der Waals surface area (Å²) in [6.07, 6.45) is -4.76. The Morgan fingerprint density at radius 3 is 2.54 bits per heavy atom. The van der Waals surface area contributed by atoms with Crippen molar-refractivity contribution in [2.75, 3.05) is 30.9 Å². The maximum Gasteiger partial charge on any atom is 0.417 e. The number of amides is 3. The number of hydrogen-bond acceptors (Lipinski definition) is 5. The molecule has 4 rings (SSSR count). The quantitative estimate of drug-likeness (QED) is 0.520. The number of fused-ring (bicyclic) bond motifs is 1. The van der Waals surface area contributed by atoms with Gasteiger partial charge in [-0.2, -0.15) is 23.5 Å². The van der Waals surface area contributed by atoms with E-state index < -0.39 is 29.2 Å². The Labute approximate surface area is 214 Å². The predicted molar refractivity (Wildman–Crippen MR) is 131 cm³/mol. The van der Waals surface area contributed by atoms with Crippen molar-refractivity contribution < 1.29 is 22.8 Å². The SMILES string of the molecule is CN(C)c1cc(Cl)cc(-c2nn3c(c2C(N)=O)CN(C(=O)Nc2ccc(C#N)c(C(F)(F)F)c2)CC3)c1. The molecule has 0 spiro atoms. The summed E-state index contributed by atoms with van der Waals surface area (Å²) in [6, 6.07) is 8.95. The average molecular weight is 532 g/mol. The lowest BCUT2D eigenvalue weighted by molar-refractivity contribution is -0.137. The normalized spacial score (nSPS) is 13.1. The lowest BCUT2D eigenvalue weighted by atomic mass is 10.0. The highest BCUT2D eigenvalue weighted by molar-refractivity contribution is 6.31. The van der Waals surface area contributed by atoms with Crippen molar-refractivity contribution in [3.05, 3.63) is 63.8 Å². The number of primary amides is 1. The number of alkyl halides is 3. The number of carbonyl (C=O) groups is 2. The fourth-order valence-corrected chi connectivity index (χ4v) is 4.31. The molecule has 9 nitrogen and oxygen atoms in total. The van der Waals surface area contributed by atoms with Crippen molar-refractivity contribution in [2.24, 2.45) is 5.73 Å². The van der Waals surface area contributed by atoms with Crippen LogP contribution in [0.5, 0.6) is 0 Å². The van der Waals surface area contributed by atoms with Crippen molar-refractivity contribution in [3.63, 3.8) is 0 Å². The number of nitrogens with one attached hydrogen (secondary N) is 1. The fourth-order valence-electron chi connectivity index (χ4n) is 4.08. The van der Waals surface area contributed by atoms with Crippen LogP contribution in [0.15, 0.2) is 36.4 Å². The summed E-state index contributed by atoms with van der Waals surface area (Å²) in [6.45, 7) is 0.352. The van der Waals surface area contributed by atoms with Gasteiger partial charge in [-0.25, -0.2) is 4.79 Å². The highest BCUT2D eigenvalue weighted by Gasteiger charge is 2.34. The molecule has 0 saturated heterocycles. The molecule has 3 N–H and O–H groups in total. The third kappa shape index (κ3) is 5.17. The molecule has 0 unspecified atom stereocenters. The summed E-state index contributed by atoms with van der Waals surface area (Å²) in [5.74, 6) is -0.744. The second-order valence-electron chi connectivity index (χ2n) is 8.57. The molecule has 2 aromatic carbocycles. The van der Waals surface area contributed by atoms with Crippen LogP contribution < -0.4 is 16.0 Å². The number of rotatable bonds is 4. The van der Waals surface area contributed by atoms with Gasteiger partial charge < -0.3 is 20.9 Å². The van der Waals surface area contributed by atoms with Gasteiger partial charge in [0.25, 0.3) is 5.91 Å². The first-order chi connectivity index (χ1) is 17.4. The number of nitrogens with two attached hydrogens (primary N) is 1. The average Bonchev–Trinajstić information content (AvgIpc) is 3.22. The van der Waals surface area contributed by atoms with E-state index in [1.54, 1.807) is 22.9 Å². The standard InChI is InChI=1S/C24H21ClF3N7O2/c1-33(2)17-8-14(7-15(25)9-17)21-20(22(30)36)19-12-34(5-6-35(19)32-21)23(37)31-16-4-3-13(11-29)18(10-16)24(26,27)28/h3-4,7-10H,5-6,12H2,1-2H3,(H2,30,36)(H,31,37). The Morgan fingerprint density at radius 1 is 1.19 bits per heavy atom. The first-order valence-electron chi connectivity index (χ1n) is 10.9. The van der Waals surface area contributed by atoms with Gasteiger partial charge in [0.15, 0.2) is 0 Å². The van der Waals surface area contributed by atoms with E-state index >= 15 is 0 Å². The number of urea groups is 1. The summed E-state index contributed by atoms with van der Waals surface area (Å²) in [5, 5.41) is 16.4. The zero-order chi connectivity index (χ0) is 27.1. The van der Waals surface area contributed by atoms with Crippen LogP contribution in [0.3, 0.4) is 0 Å². The second kappa shape index (κ2) is 9.67. The van der Waals surface area contributed by atoms with Crippen LogP contribution in [0.1, 0.15) is 27.2 Å². The molecule has 0 bridgehead atoms. The lowest BCUT2D eigenvalue weighted by Gasteiger charge is -2.28. The minimum absolute atomic E-state index is 0.0549. The van der Waals surface area contributed by atoms with Gasteiger partial charge in [-0.15, -0.1) is 0 Å². The Morgan fingerprint density at radius 2 is 1.92 bits per heavy atom. The number of nitriles is 1. The minimum Gasteiger partial charge on any atom is -0.378 e. The van der Waals surface area contributed by atoms with E-state index in [0.717, 1.165) is 11.8 Å². The number of benzene rings is 2. The number of aromatic nitrogens is 2. The molecule has 192 valence electrons. The highest BCUT2D eigenvalue weighted by atomic mass is 35.5. The van der Waals surface area contributed by atoms with Gasteiger partial charge in [-0.3, -0.25) is 9.48 Å². The third-order valence-corrected chi connectivity index (χ3v) is 6.10. The molecule has 0 radical (unpaired) electrons. The third-order valence-electron chi connectivity index (χ3n) is 5.88. The molecule has 13 heteroatoms. The Balaban J connectivity index is 1.64.